The normalized spacial score (nSPS) is 20.7. The van der Waals surface area contributed by atoms with Gasteiger partial charge in [-0.2, -0.15) is 9.97 Å². The number of anilines is 3. The fourth-order valence-electron chi connectivity index (χ4n) is 4.17. The van der Waals surface area contributed by atoms with E-state index in [0.29, 0.717) is 11.1 Å². The van der Waals surface area contributed by atoms with Crippen LogP contribution >= 0.6 is 12.2 Å². The Kier molecular flexibility index (Phi) is 7.34. The summed E-state index contributed by atoms with van der Waals surface area (Å²) in [4.78, 5) is 16.7. The second kappa shape index (κ2) is 10.4. The summed E-state index contributed by atoms with van der Waals surface area (Å²) in [6.45, 7) is 9.64. The summed E-state index contributed by atoms with van der Waals surface area (Å²) in [5.74, 6) is 2.62. The molecule has 2 N–H and O–H groups in total. The molecule has 8 nitrogen and oxygen atoms in total. The van der Waals surface area contributed by atoms with Gasteiger partial charge in [0.25, 0.3) is 0 Å². The van der Waals surface area contributed by atoms with E-state index in [1.165, 1.54) is 32.1 Å². The quantitative estimate of drug-likeness (QED) is 0.670. The molecule has 1 aromatic rings. The molecule has 29 heavy (non-hydrogen) atoms. The third-order valence-electron chi connectivity index (χ3n) is 5.85. The molecule has 3 fully saturated rings. The Bertz CT molecular complexity index is 671. The van der Waals surface area contributed by atoms with Crippen molar-refractivity contribution in [2.24, 2.45) is 0 Å². The molecule has 160 valence electrons. The van der Waals surface area contributed by atoms with Crippen LogP contribution in [0.25, 0.3) is 0 Å². The Labute approximate surface area is 179 Å². The van der Waals surface area contributed by atoms with E-state index >= 15 is 0 Å². The van der Waals surface area contributed by atoms with Gasteiger partial charge in [-0.05, 0) is 44.3 Å². The van der Waals surface area contributed by atoms with Crippen molar-refractivity contribution in [1.29, 1.82) is 0 Å². The molecule has 3 aliphatic heterocycles. The molecule has 0 atom stereocenters. The Morgan fingerprint density at radius 3 is 2.10 bits per heavy atom. The summed E-state index contributed by atoms with van der Waals surface area (Å²) in [6, 6.07) is 2.15. The molecule has 4 rings (SSSR count). The second-order valence-corrected chi connectivity index (χ2v) is 8.39. The number of hydrogen-bond donors (Lipinski definition) is 2. The number of nitrogens with one attached hydrogen (secondary N) is 2. The molecule has 0 radical (unpaired) electrons. The minimum Gasteiger partial charge on any atom is -0.379 e. The predicted molar refractivity (Wildman–Crippen MR) is 121 cm³/mol. The summed E-state index contributed by atoms with van der Waals surface area (Å²) < 4.78 is 5.40. The lowest BCUT2D eigenvalue weighted by Gasteiger charge is -2.29. The highest BCUT2D eigenvalue weighted by Crippen LogP contribution is 2.26. The molecule has 0 aromatic carbocycles. The Balaban J connectivity index is 1.38. The van der Waals surface area contributed by atoms with E-state index in [4.69, 9.17) is 26.9 Å². The standard InChI is InChI=1S/C20H33N7OS/c29-20(21-6-11-25-12-14-28-15-13-25)24-19-22-17(26-7-2-1-3-8-26)16-18(23-19)27-9-4-5-10-27/h16H,1-15H2,(H2,21,22,23,24,29). The molecule has 0 spiro atoms. The minimum absolute atomic E-state index is 0.585. The fraction of sp³-hybridized carbons (Fsp3) is 0.750. The highest BCUT2D eigenvalue weighted by Gasteiger charge is 2.20. The Hall–Kier alpha value is -1.71. The maximum Gasteiger partial charge on any atom is 0.232 e. The molecule has 0 bridgehead atoms. The van der Waals surface area contributed by atoms with Crippen molar-refractivity contribution in [2.45, 2.75) is 32.1 Å². The molecular weight excluding hydrogens is 386 g/mol. The zero-order valence-electron chi connectivity index (χ0n) is 17.2. The fourth-order valence-corrected chi connectivity index (χ4v) is 4.36. The highest BCUT2D eigenvalue weighted by atomic mass is 32.1. The van der Waals surface area contributed by atoms with Gasteiger partial charge in [0.1, 0.15) is 11.6 Å². The zero-order chi connectivity index (χ0) is 19.9. The minimum atomic E-state index is 0.585. The van der Waals surface area contributed by atoms with Crippen LogP contribution in [-0.2, 0) is 4.74 Å². The average Bonchev–Trinajstić information content (AvgIpc) is 3.30. The molecule has 0 aliphatic carbocycles. The van der Waals surface area contributed by atoms with Gasteiger partial charge in [0.2, 0.25) is 5.95 Å². The van der Waals surface area contributed by atoms with Gasteiger partial charge in [-0.15, -0.1) is 0 Å². The lowest BCUT2D eigenvalue weighted by atomic mass is 10.1. The van der Waals surface area contributed by atoms with E-state index in [1.807, 2.05) is 0 Å². The number of morpholine rings is 1. The van der Waals surface area contributed by atoms with Crippen LogP contribution in [-0.4, -0.2) is 85.6 Å². The van der Waals surface area contributed by atoms with Crippen molar-refractivity contribution in [3.63, 3.8) is 0 Å². The second-order valence-electron chi connectivity index (χ2n) is 7.98. The zero-order valence-corrected chi connectivity index (χ0v) is 18.1. The average molecular weight is 420 g/mol. The third-order valence-corrected chi connectivity index (χ3v) is 6.10. The maximum atomic E-state index is 5.51. The first-order valence-corrected chi connectivity index (χ1v) is 11.4. The van der Waals surface area contributed by atoms with Crippen LogP contribution in [0.15, 0.2) is 6.07 Å². The number of thiocarbonyl (C=S) groups is 1. The summed E-state index contributed by atoms with van der Waals surface area (Å²) in [5, 5.41) is 7.11. The number of ether oxygens (including phenoxy) is 1. The molecule has 0 saturated carbocycles. The van der Waals surface area contributed by atoms with Crippen LogP contribution in [0.1, 0.15) is 32.1 Å². The SMILES string of the molecule is S=C(NCCN1CCOCC1)Nc1nc(N2CCCCC2)cc(N2CCCC2)n1. The van der Waals surface area contributed by atoms with Gasteiger partial charge in [-0.3, -0.25) is 4.90 Å². The molecule has 0 amide bonds. The topological polar surface area (TPSA) is 68.8 Å². The summed E-state index contributed by atoms with van der Waals surface area (Å²) in [6.07, 6.45) is 6.23. The van der Waals surface area contributed by atoms with E-state index in [0.717, 1.165) is 77.2 Å². The van der Waals surface area contributed by atoms with Crippen molar-refractivity contribution in [3.05, 3.63) is 6.07 Å². The Morgan fingerprint density at radius 1 is 0.897 bits per heavy atom. The number of hydrogen-bond acceptors (Lipinski definition) is 7. The summed E-state index contributed by atoms with van der Waals surface area (Å²) >= 11 is 5.51. The van der Waals surface area contributed by atoms with Gasteiger partial charge < -0.3 is 25.2 Å². The van der Waals surface area contributed by atoms with Crippen molar-refractivity contribution < 1.29 is 4.74 Å². The van der Waals surface area contributed by atoms with Crippen molar-refractivity contribution in [3.8, 4) is 0 Å². The molecule has 1 aromatic heterocycles. The van der Waals surface area contributed by atoms with E-state index in [-0.39, 0.29) is 0 Å². The van der Waals surface area contributed by atoms with Gasteiger partial charge in [0.15, 0.2) is 5.11 Å². The highest BCUT2D eigenvalue weighted by molar-refractivity contribution is 7.80. The van der Waals surface area contributed by atoms with Crippen LogP contribution in [0, 0.1) is 0 Å². The number of nitrogens with zero attached hydrogens (tertiary/aromatic N) is 5. The third kappa shape index (κ3) is 5.90. The first kappa shape index (κ1) is 20.6. The smallest absolute Gasteiger partial charge is 0.232 e. The number of aromatic nitrogens is 2. The van der Waals surface area contributed by atoms with Crippen LogP contribution in [0.2, 0.25) is 0 Å². The van der Waals surface area contributed by atoms with Crippen molar-refractivity contribution in [1.82, 2.24) is 20.2 Å². The van der Waals surface area contributed by atoms with Gasteiger partial charge >= 0.3 is 0 Å². The van der Waals surface area contributed by atoms with E-state index in [2.05, 4.69) is 31.4 Å². The summed E-state index contributed by atoms with van der Waals surface area (Å²) in [5.41, 5.74) is 0. The van der Waals surface area contributed by atoms with E-state index in [1.54, 1.807) is 0 Å². The number of rotatable bonds is 6. The molecule has 4 heterocycles. The molecule has 3 saturated heterocycles. The van der Waals surface area contributed by atoms with Crippen molar-refractivity contribution >= 4 is 34.9 Å². The Morgan fingerprint density at radius 2 is 1.48 bits per heavy atom. The molecule has 0 unspecified atom stereocenters. The molecular formula is C20H33N7OS. The van der Waals surface area contributed by atoms with Gasteiger partial charge in [-0.25, -0.2) is 0 Å². The molecule has 9 heteroatoms. The van der Waals surface area contributed by atoms with Crippen LogP contribution < -0.4 is 20.4 Å². The van der Waals surface area contributed by atoms with E-state index < -0.39 is 0 Å². The first-order chi connectivity index (χ1) is 14.3. The largest absolute Gasteiger partial charge is 0.379 e. The molecule has 3 aliphatic rings. The van der Waals surface area contributed by atoms with Gasteiger partial charge in [0, 0.05) is 58.4 Å². The van der Waals surface area contributed by atoms with Crippen LogP contribution in [0.5, 0.6) is 0 Å². The lowest BCUT2D eigenvalue weighted by molar-refractivity contribution is 0.0389. The van der Waals surface area contributed by atoms with Crippen LogP contribution in [0.4, 0.5) is 17.6 Å². The maximum absolute atomic E-state index is 5.51. The van der Waals surface area contributed by atoms with Crippen molar-refractivity contribution in [2.75, 3.05) is 80.7 Å². The lowest BCUT2D eigenvalue weighted by Crippen LogP contribution is -2.42. The summed E-state index contributed by atoms with van der Waals surface area (Å²) in [7, 11) is 0. The predicted octanol–water partition coefficient (Wildman–Crippen LogP) is 1.69. The number of piperidine rings is 1. The van der Waals surface area contributed by atoms with Gasteiger partial charge in [-0.1, -0.05) is 0 Å². The van der Waals surface area contributed by atoms with Crippen LogP contribution in [0.3, 0.4) is 0 Å². The monoisotopic (exact) mass is 419 g/mol. The first-order valence-electron chi connectivity index (χ1n) is 11.0. The van der Waals surface area contributed by atoms with Gasteiger partial charge in [0.05, 0.1) is 13.2 Å². The van der Waals surface area contributed by atoms with E-state index in [9.17, 15) is 0 Å².